The van der Waals surface area contributed by atoms with Crippen LogP contribution in [-0.4, -0.2) is 33.0 Å². The summed E-state index contributed by atoms with van der Waals surface area (Å²) in [6, 6.07) is 4.64. The van der Waals surface area contributed by atoms with Crippen LogP contribution in [0.25, 0.3) is 22.3 Å². The summed E-state index contributed by atoms with van der Waals surface area (Å²) < 4.78 is 20.7. The molecular formula is C14H13FN6O. The number of hydrogen-bond acceptors (Lipinski definition) is 6. The van der Waals surface area contributed by atoms with E-state index in [0.717, 1.165) is 0 Å². The first-order valence-corrected chi connectivity index (χ1v) is 6.77. The Morgan fingerprint density at radius 2 is 2.05 bits per heavy atom. The molecule has 3 aromatic rings. The van der Waals surface area contributed by atoms with Crippen molar-refractivity contribution in [2.75, 3.05) is 24.7 Å². The van der Waals surface area contributed by atoms with E-state index < -0.39 is 5.82 Å². The molecule has 4 N–H and O–H groups in total. The number of nitrogen functional groups attached to an aromatic ring is 2. The molecule has 0 atom stereocenters. The number of benzene rings is 1. The van der Waals surface area contributed by atoms with Crippen LogP contribution in [0.5, 0.6) is 0 Å². The van der Waals surface area contributed by atoms with Gasteiger partial charge in [0.1, 0.15) is 29.7 Å². The molecule has 0 radical (unpaired) electrons. The zero-order chi connectivity index (χ0) is 15.3. The molecule has 0 spiro atoms. The van der Waals surface area contributed by atoms with Crippen LogP contribution in [0.2, 0.25) is 0 Å². The minimum Gasteiger partial charge on any atom is -0.396 e. The highest BCUT2D eigenvalue weighted by molar-refractivity contribution is 5.98. The first kappa shape index (κ1) is 13.0. The molecule has 22 heavy (non-hydrogen) atoms. The predicted octanol–water partition coefficient (Wildman–Crippen LogP) is 1.37. The fourth-order valence-corrected chi connectivity index (χ4v) is 2.49. The van der Waals surface area contributed by atoms with Crippen LogP contribution in [0.3, 0.4) is 0 Å². The molecule has 1 fully saturated rings. The number of ether oxygens (including phenoxy) is 1. The number of fused-ring (bicyclic) bond motifs is 1. The largest absolute Gasteiger partial charge is 0.396 e. The Hall–Kier alpha value is -2.74. The molecule has 0 bridgehead atoms. The monoisotopic (exact) mass is 300 g/mol. The summed E-state index contributed by atoms with van der Waals surface area (Å²) in [6.45, 7) is 1.13. The number of nitrogens with zero attached hydrogens (tertiary/aromatic N) is 4. The molecule has 0 unspecified atom stereocenters. The van der Waals surface area contributed by atoms with Gasteiger partial charge in [-0.25, -0.2) is 19.0 Å². The Bertz CT molecular complexity index is 873. The van der Waals surface area contributed by atoms with Crippen molar-refractivity contribution in [3.63, 3.8) is 0 Å². The quantitative estimate of drug-likeness (QED) is 0.692. The Kier molecular flexibility index (Phi) is 2.73. The molecule has 2 aromatic heterocycles. The van der Waals surface area contributed by atoms with Crippen molar-refractivity contribution in [1.82, 2.24) is 19.7 Å². The Labute approximate surface area is 124 Å². The highest BCUT2D eigenvalue weighted by Gasteiger charge is 2.27. The number of anilines is 2. The topological polar surface area (TPSA) is 105 Å². The van der Waals surface area contributed by atoms with Gasteiger partial charge in [0.05, 0.1) is 24.3 Å². The van der Waals surface area contributed by atoms with Crippen molar-refractivity contribution in [2.24, 2.45) is 0 Å². The summed E-state index contributed by atoms with van der Waals surface area (Å²) in [4.78, 5) is 8.28. The molecule has 1 aromatic carbocycles. The zero-order valence-electron chi connectivity index (χ0n) is 11.5. The third-order valence-corrected chi connectivity index (χ3v) is 3.76. The van der Waals surface area contributed by atoms with Crippen LogP contribution in [0.1, 0.15) is 6.04 Å². The summed E-state index contributed by atoms with van der Waals surface area (Å²) in [7, 11) is 0. The molecular weight excluding hydrogens is 287 g/mol. The van der Waals surface area contributed by atoms with Crippen molar-refractivity contribution < 1.29 is 9.13 Å². The van der Waals surface area contributed by atoms with Gasteiger partial charge in [0.15, 0.2) is 5.65 Å². The van der Waals surface area contributed by atoms with Crippen molar-refractivity contribution in [3.8, 4) is 11.3 Å². The lowest BCUT2D eigenvalue weighted by molar-refractivity contribution is -0.0268. The van der Waals surface area contributed by atoms with E-state index in [2.05, 4.69) is 15.1 Å². The van der Waals surface area contributed by atoms with E-state index in [4.69, 9.17) is 16.2 Å². The summed E-state index contributed by atoms with van der Waals surface area (Å²) >= 11 is 0. The van der Waals surface area contributed by atoms with E-state index in [1.54, 1.807) is 10.7 Å². The SMILES string of the molecule is Nc1ccc(-c2nn(C3COC3)c3ncnc(N)c23)cc1F. The van der Waals surface area contributed by atoms with E-state index in [0.29, 0.717) is 41.3 Å². The van der Waals surface area contributed by atoms with Crippen molar-refractivity contribution in [2.45, 2.75) is 6.04 Å². The molecule has 0 aliphatic carbocycles. The maximum absolute atomic E-state index is 13.8. The van der Waals surface area contributed by atoms with E-state index in [9.17, 15) is 4.39 Å². The number of halogens is 1. The summed E-state index contributed by atoms with van der Waals surface area (Å²) in [5, 5.41) is 5.17. The Morgan fingerprint density at radius 3 is 2.73 bits per heavy atom. The van der Waals surface area contributed by atoms with Gasteiger partial charge in [0, 0.05) is 5.56 Å². The van der Waals surface area contributed by atoms with E-state index in [-0.39, 0.29) is 11.7 Å². The molecule has 4 rings (SSSR count). The predicted molar refractivity (Wildman–Crippen MR) is 79.4 cm³/mol. The normalized spacial score (nSPS) is 15.1. The molecule has 1 saturated heterocycles. The van der Waals surface area contributed by atoms with Crippen molar-refractivity contribution in [3.05, 3.63) is 30.3 Å². The minimum atomic E-state index is -0.498. The molecule has 1 aliphatic rings. The van der Waals surface area contributed by atoms with Gasteiger partial charge in [-0.15, -0.1) is 0 Å². The third kappa shape index (κ3) is 1.81. The second-order valence-corrected chi connectivity index (χ2v) is 5.18. The van der Waals surface area contributed by atoms with Gasteiger partial charge >= 0.3 is 0 Å². The lowest BCUT2D eigenvalue weighted by Gasteiger charge is -2.26. The van der Waals surface area contributed by atoms with Gasteiger partial charge in [-0.1, -0.05) is 6.07 Å². The fourth-order valence-electron chi connectivity index (χ4n) is 2.49. The summed E-state index contributed by atoms with van der Waals surface area (Å²) in [5.41, 5.74) is 13.3. The van der Waals surface area contributed by atoms with Crippen LogP contribution < -0.4 is 11.5 Å². The maximum atomic E-state index is 13.8. The number of nitrogens with two attached hydrogens (primary N) is 2. The van der Waals surface area contributed by atoms with E-state index in [1.807, 2.05) is 0 Å². The van der Waals surface area contributed by atoms with E-state index in [1.165, 1.54) is 18.5 Å². The van der Waals surface area contributed by atoms with Crippen LogP contribution in [-0.2, 0) is 4.74 Å². The van der Waals surface area contributed by atoms with Crippen LogP contribution in [0, 0.1) is 5.82 Å². The average molecular weight is 300 g/mol. The Balaban J connectivity index is 1.98. The van der Waals surface area contributed by atoms with Gasteiger partial charge in [-0.2, -0.15) is 5.10 Å². The maximum Gasteiger partial charge on any atom is 0.164 e. The lowest BCUT2D eigenvalue weighted by Crippen LogP contribution is -2.31. The molecule has 1 aliphatic heterocycles. The van der Waals surface area contributed by atoms with Crippen LogP contribution in [0.4, 0.5) is 15.9 Å². The molecule has 0 amide bonds. The van der Waals surface area contributed by atoms with Gasteiger partial charge < -0.3 is 16.2 Å². The number of aromatic nitrogens is 4. The van der Waals surface area contributed by atoms with Crippen molar-refractivity contribution in [1.29, 1.82) is 0 Å². The van der Waals surface area contributed by atoms with E-state index >= 15 is 0 Å². The molecule has 3 heterocycles. The molecule has 0 saturated carbocycles. The third-order valence-electron chi connectivity index (χ3n) is 3.76. The minimum absolute atomic E-state index is 0.0871. The smallest absolute Gasteiger partial charge is 0.164 e. The average Bonchev–Trinajstić information content (AvgIpc) is 2.81. The zero-order valence-corrected chi connectivity index (χ0v) is 11.5. The van der Waals surface area contributed by atoms with Crippen LogP contribution in [0.15, 0.2) is 24.5 Å². The highest BCUT2D eigenvalue weighted by atomic mass is 19.1. The Morgan fingerprint density at radius 1 is 1.23 bits per heavy atom. The fraction of sp³-hybridized carbons (Fsp3) is 0.214. The standard InChI is InChI=1S/C14H13FN6O/c15-9-3-7(1-2-10(9)16)12-11-13(17)18-6-19-14(11)21(20-12)8-4-22-5-8/h1-3,6,8H,4-5,16H2,(H2,17,18,19). The van der Waals surface area contributed by atoms with Gasteiger partial charge in [0.25, 0.3) is 0 Å². The number of rotatable bonds is 2. The van der Waals surface area contributed by atoms with Gasteiger partial charge in [0.2, 0.25) is 0 Å². The lowest BCUT2D eigenvalue weighted by atomic mass is 10.1. The molecule has 7 nitrogen and oxygen atoms in total. The number of hydrogen-bond donors (Lipinski definition) is 2. The van der Waals surface area contributed by atoms with Gasteiger partial charge in [-0.05, 0) is 12.1 Å². The summed E-state index contributed by atoms with van der Waals surface area (Å²) in [6.07, 6.45) is 1.39. The van der Waals surface area contributed by atoms with Crippen LogP contribution >= 0.6 is 0 Å². The van der Waals surface area contributed by atoms with Crippen molar-refractivity contribution >= 4 is 22.5 Å². The second-order valence-electron chi connectivity index (χ2n) is 5.18. The first-order chi connectivity index (χ1) is 10.6. The molecule has 112 valence electrons. The summed E-state index contributed by atoms with van der Waals surface area (Å²) in [5.74, 6) is -0.189. The first-order valence-electron chi connectivity index (χ1n) is 6.77. The molecule has 8 heteroatoms. The van der Waals surface area contributed by atoms with Gasteiger partial charge in [-0.3, -0.25) is 0 Å². The highest BCUT2D eigenvalue weighted by Crippen LogP contribution is 2.33. The second kappa shape index (κ2) is 4.63.